The molecule has 0 aliphatic heterocycles. The number of aryl methyl sites for hydroxylation is 2. The predicted molar refractivity (Wildman–Crippen MR) is 86.5 cm³/mol. The molecular formula is C16H17N3S. The van der Waals surface area contributed by atoms with Crippen LogP contribution in [0.4, 0.5) is 5.82 Å². The molecule has 0 fully saturated rings. The van der Waals surface area contributed by atoms with E-state index in [1.54, 1.807) is 11.3 Å². The fourth-order valence-electron chi connectivity index (χ4n) is 2.25. The summed E-state index contributed by atoms with van der Waals surface area (Å²) in [4.78, 5) is 10.6. The summed E-state index contributed by atoms with van der Waals surface area (Å²) >= 11 is 1.69. The second kappa shape index (κ2) is 5.21. The molecule has 0 spiro atoms. The monoisotopic (exact) mass is 283 g/mol. The molecule has 0 unspecified atom stereocenters. The SMILES string of the molecule is CCNc1nc(-c2sccc2C)nc2ccc(C)cc12. The number of nitrogens with one attached hydrogen (secondary N) is 1. The Morgan fingerprint density at radius 1 is 1.15 bits per heavy atom. The lowest BCUT2D eigenvalue weighted by Gasteiger charge is -2.10. The van der Waals surface area contributed by atoms with Gasteiger partial charge in [0.1, 0.15) is 5.82 Å². The number of rotatable bonds is 3. The van der Waals surface area contributed by atoms with Crippen molar-refractivity contribution in [2.45, 2.75) is 20.8 Å². The molecule has 3 nitrogen and oxygen atoms in total. The van der Waals surface area contributed by atoms with Gasteiger partial charge in [-0.15, -0.1) is 11.3 Å². The number of nitrogens with zero attached hydrogens (tertiary/aromatic N) is 2. The van der Waals surface area contributed by atoms with Crippen LogP contribution in [0, 0.1) is 13.8 Å². The lowest BCUT2D eigenvalue weighted by molar-refractivity contribution is 1.15. The van der Waals surface area contributed by atoms with E-state index in [0.717, 1.165) is 34.0 Å². The minimum Gasteiger partial charge on any atom is -0.370 e. The number of hydrogen-bond acceptors (Lipinski definition) is 4. The summed E-state index contributed by atoms with van der Waals surface area (Å²) in [5.41, 5.74) is 3.44. The number of anilines is 1. The Balaban J connectivity index is 2.25. The van der Waals surface area contributed by atoms with Gasteiger partial charge in [0.25, 0.3) is 0 Å². The molecule has 0 saturated heterocycles. The van der Waals surface area contributed by atoms with Gasteiger partial charge >= 0.3 is 0 Å². The summed E-state index contributed by atoms with van der Waals surface area (Å²) in [5, 5.41) is 6.52. The summed E-state index contributed by atoms with van der Waals surface area (Å²) in [6, 6.07) is 8.41. The molecular weight excluding hydrogens is 266 g/mol. The average molecular weight is 283 g/mol. The van der Waals surface area contributed by atoms with Crippen LogP contribution in [-0.2, 0) is 0 Å². The highest BCUT2D eigenvalue weighted by Crippen LogP contribution is 2.30. The largest absolute Gasteiger partial charge is 0.370 e. The van der Waals surface area contributed by atoms with Crippen molar-refractivity contribution in [2.75, 3.05) is 11.9 Å². The zero-order valence-corrected chi connectivity index (χ0v) is 12.7. The molecule has 20 heavy (non-hydrogen) atoms. The maximum atomic E-state index is 4.72. The van der Waals surface area contributed by atoms with Crippen LogP contribution < -0.4 is 5.32 Å². The van der Waals surface area contributed by atoms with Crippen LogP contribution in [0.3, 0.4) is 0 Å². The topological polar surface area (TPSA) is 37.8 Å². The van der Waals surface area contributed by atoms with Gasteiger partial charge in [-0.05, 0) is 49.9 Å². The van der Waals surface area contributed by atoms with Gasteiger partial charge in [0, 0.05) is 11.9 Å². The van der Waals surface area contributed by atoms with E-state index in [1.807, 2.05) is 0 Å². The molecule has 1 aromatic carbocycles. The molecule has 4 heteroatoms. The van der Waals surface area contributed by atoms with Crippen molar-refractivity contribution in [1.29, 1.82) is 0 Å². The van der Waals surface area contributed by atoms with E-state index in [-0.39, 0.29) is 0 Å². The number of benzene rings is 1. The highest BCUT2D eigenvalue weighted by molar-refractivity contribution is 7.13. The van der Waals surface area contributed by atoms with Crippen molar-refractivity contribution >= 4 is 28.1 Å². The van der Waals surface area contributed by atoms with Gasteiger partial charge in [0.15, 0.2) is 5.82 Å². The predicted octanol–water partition coefficient (Wildman–Crippen LogP) is 4.41. The zero-order valence-electron chi connectivity index (χ0n) is 11.9. The molecule has 2 heterocycles. The molecule has 0 radical (unpaired) electrons. The van der Waals surface area contributed by atoms with Crippen molar-refractivity contribution in [3.8, 4) is 10.7 Å². The Hall–Kier alpha value is -1.94. The standard InChI is InChI=1S/C16H17N3S/c1-4-17-15-12-9-10(2)5-6-13(12)18-16(19-15)14-11(3)7-8-20-14/h5-9H,4H2,1-3H3,(H,17,18,19). The molecule has 0 aliphatic carbocycles. The van der Waals surface area contributed by atoms with Crippen molar-refractivity contribution in [3.05, 3.63) is 40.8 Å². The van der Waals surface area contributed by atoms with Crippen LogP contribution in [0.15, 0.2) is 29.6 Å². The van der Waals surface area contributed by atoms with E-state index >= 15 is 0 Å². The molecule has 3 rings (SSSR count). The highest BCUT2D eigenvalue weighted by atomic mass is 32.1. The summed E-state index contributed by atoms with van der Waals surface area (Å²) in [5.74, 6) is 1.73. The number of thiophene rings is 1. The van der Waals surface area contributed by atoms with Crippen LogP contribution in [0.25, 0.3) is 21.6 Å². The third kappa shape index (κ3) is 2.27. The van der Waals surface area contributed by atoms with E-state index in [9.17, 15) is 0 Å². The molecule has 102 valence electrons. The lowest BCUT2D eigenvalue weighted by Crippen LogP contribution is -2.03. The summed E-state index contributed by atoms with van der Waals surface area (Å²) in [6.07, 6.45) is 0. The summed E-state index contributed by atoms with van der Waals surface area (Å²) in [7, 11) is 0. The van der Waals surface area contributed by atoms with Crippen LogP contribution in [0.1, 0.15) is 18.1 Å². The van der Waals surface area contributed by atoms with Gasteiger partial charge in [0.2, 0.25) is 0 Å². The van der Waals surface area contributed by atoms with Crippen LogP contribution >= 0.6 is 11.3 Å². The van der Waals surface area contributed by atoms with Crippen molar-refractivity contribution < 1.29 is 0 Å². The van der Waals surface area contributed by atoms with Crippen molar-refractivity contribution in [3.63, 3.8) is 0 Å². The first kappa shape index (κ1) is 13.1. The Morgan fingerprint density at radius 2 is 2.00 bits per heavy atom. The molecule has 0 saturated carbocycles. The molecule has 0 amide bonds. The lowest BCUT2D eigenvalue weighted by atomic mass is 10.1. The molecule has 0 aliphatic rings. The van der Waals surface area contributed by atoms with Gasteiger partial charge in [-0.3, -0.25) is 0 Å². The second-order valence-electron chi connectivity index (χ2n) is 4.88. The van der Waals surface area contributed by atoms with Gasteiger partial charge in [-0.2, -0.15) is 0 Å². The third-order valence-electron chi connectivity index (χ3n) is 3.26. The zero-order chi connectivity index (χ0) is 14.1. The van der Waals surface area contributed by atoms with Crippen LogP contribution in [0.2, 0.25) is 0 Å². The maximum absolute atomic E-state index is 4.72. The van der Waals surface area contributed by atoms with E-state index in [1.165, 1.54) is 11.1 Å². The Morgan fingerprint density at radius 3 is 2.70 bits per heavy atom. The first-order valence-corrected chi connectivity index (χ1v) is 7.63. The Bertz CT molecular complexity index is 762. The Labute approximate surface area is 122 Å². The fourth-order valence-corrected chi connectivity index (χ4v) is 3.11. The van der Waals surface area contributed by atoms with Gasteiger partial charge in [-0.25, -0.2) is 9.97 Å². The van der Waals surface area contributed by atoms with Crippen LogP contribution in [-0.4, -0.2) is 16.5 Å². The quantitative estimate of drug-likeness (QED) is 0.774. The molecule has 0 bridgehead atoms. The minimum absolute atomic E-state index is 0.810. The van der Waals surface area contributed by atoms with E-state index < -0.39 is 0 Å². The number of aromatic nitrogens is 2. The van der Waals surface area contributed by atoms with E-state index in [2.05, 4.69) is 55.7 Å². The molecule has 0 atom stereocenters. The first-order valence-electron chi connectivity index (χ1n) is 6.75. The first-order chi connectivity index (χ1) is 9.69. The van der Waals surface area contributed by atoms with Gasteiger partial charge in [0.05, 0.1) is 10.4 Å². The van der Waals surface area contributed by atoms with E-state index in [0.29, 0.717) is 0 Å². The smallest absolute Gasteiger partial charge is 0.172 e. The van der Waals surface area contributed by atoms with Crippen molar-refractivity contribution in [1.82, 2.24) is 9.97 Å². The number of fused-ring (bicyclic) bond motifs is 1. The normalized spacial score (nSPS) is 10.9. The van der Waals surface area contributed by atoms with Crippen LogP contribution in [0.5, 0.6) is 0 Å². The minimum atomic E-state index is 0.810. The molecule has 2 aromatic heterocycles. The van der Waals surface area contributed by atoms with Gasteiger partial charge < -0.3 is 5.32 Å². The second-order valence-corrected chi connectivity index (χ2v) is 5.80. The van der Waals surface area contributed by atoms with Crippen molar-refractivity contribution in [2.24, 2.45) is 0 Å². The maximum Gasteiger partial charge on any atom is 0.172 e. The highest BCUT2D eigenvalue weighted by Gasteiger charge is 2.11. The van der Waals surface area contributed by atoms with E-state index in [4.69, 9.17) is 9.97 Å². The third-order valence-corrected chi connectivity index (χ3v) is 4.27. The summed E-state index contributed by atoms with van der Waals surface area (Å²) < 4.78 is 0. The molecule has 3 aromatic rings. The molecule has 1 N–H and O–H groups in total. The Kier molecular flexibility index (Phi) is 3.40. The summed E-state index contributed by atoms with van der Waals surface area (Å²) in [6.45, 7) is 7.12. The fraction of sp³-hybridized carbons (Fsp3) is 0.250. The number of hydrogen-bond donors (Lipinski definition) is 1. The van der Waals surface area contributed by atoms with Gasteiger partial charge in [-0.1, -0.05) is 11.6 Å². The average Bonchev–Trinajstić information content (AvgIpc) is 2.85.